The third kappa shape index (κ3) is 5.52. The van der Waals surface area contributed by atoms with Crippen molar-refractivity contribution in [3.8, 4) is 5.75 Å². The number of anilines is 1. The molecule has 0 radical (unpaired) electrons. The number of carbonyl (C=O) groups is 1. The third-order valence-electron chi connectivity index (χ3n) is 4.83. The number of alkyl halides is 6. The maximum absolute atomic E-state index is 12.6. The van der Waals surface area contributed by atoms with Crippen LogP contribution in [0.15, 0.2) is 30.7 Å². The van der Waals surface area contributed by atoms with Crippen LogP contribution in [0.25, 0.3) is 0 Å². The van der Waals surface area contributed by atoms with E-state index in [-0.39, 0.29) is 5.82 Å². The van der Waals surface area contributed by atoms with Crippen LogP contribution < -0.4 is 15.4 Å². The molecule has 0 aliphatic heterocycles. The van der Waals surface area contributed by atoms with Gasteiger partial charge in [0.15, 0.2) is 17.1 Å². The number of pyridine rings is 1. The van der Waals surface area contributed by atoms with Crippen molar-refractivity contribution in [2.24, 2.45) is 0 Å². The van der Waals surface area contributed by atoms with E-state index in [1.807, 2.05) is 0 Å². The van der Waals surface area contributed by atoms with Gasteiger partial charge < -0.3 is 15.4 Å². The molecule has 1 aliphatic rings. The van der Waals surface area contributed by atoms with Crippen LogP contribution in [0, 0.1) is 0 Å². The first-order chi connectivity index (χ1) is 14.4. The fourth-order valence-electron chi connectivity index (χ4n) is 3.37. The monoisotopic (exact) mass is 449 g/mol. The van der Waals surface area contributed by atoms with Crippen LogP contribution in [0.3, 0.4) is 0 Å². The molecule has 0 bridgehead atoms. The number of carbonyl (C=O) groups excluding carboxylic acids is 1. The Morgan fingerprint density at radius 3 is 2.52 bits per heavy atom. The number of hydrogen-bond acceptors (Lipinski definition) is 6. The van der Waals surface area contributed by atoms with Crippen LogP contribution in [0.1, 0.15) is 42.4 Å². The zero-order valence-corrected chi connectivity index (χ0v) is 16.0. The molecule has 7 nitrogen and oxygen atoms in total. The van der Waals surface area contributed by atoms with Gasteiger partial charge in [-0.3, -0.25) is 4.79 Å². The second-order valence-corrected chi connectivity index (χ2v) is 7.14. The molecule has 2 aromatic rings. The van der Waals surface area contributed by atoms with Crippen molar-refractivity contribution in [1.29, 1.82) is 0 Å². The lowest BCUT2D eigenvalue weighted by Gasteiger charge is -2.33. The first-order valence-corrected chi connectivity index (χ1v) is 9.06. The molecule has 1 amide bonds. The maximum atomic E-state index is 12.6. The SMILES string of the molecule is C[C@]1(Nc2cnc(C(F)(F)F)cn2)CCC[C@@H]1NC(=O)c1ncccc1OC(F)(F)F. The summed E-state index contributed by atoms with van der Waals surface area (Å²) >= 11 is 0. The highest BCUT2D eigenvalue weighted by Gasteiger charge is 2.41. The molecule has 1 saturated carbocycles. The van der Waals surface area contributed by atoms with Crippen molar-refractivity contribution in [3.05, 3.63) is 42.1 Å². The van der Waals surface area contributed by atoms with Crippen molar-refractivity contribution in [2.45, 2.75) is 50.3 Å². The minimum absolute atomic E-state index is 0.0654. The topological polar surface area (TPSA) is 89.0 Å². The minimum atomic E-state index is -5.00. The first kappa shape index (κ1) is 22.6. The fraction of sp³-hybridized carbons (Fsp3) is 0.444. The average Bonchev–Trinajstić information content (AvgIpc) is 3.00. The molecule has 1 fully saturated rings. The van der Waals surface area contributed by atoms with Gasteiger partial charge in [0.2, 0.25) is 0 Å². The molecular formula is C18H17F6N5O2. The molecule has 2 N–H and O–H groups in total. The minimum Gasteiger partial charge on any atom is -0.403 e. The van der Waals surface area contributed by atoms with Crippen molar-refractivity contribution in [2.75, 3.05) is 5.32 Å². The van der Waals surface area contributed by atoms with E-state index in [0.717, 1.165) is 18.5 Å². The summed E-state index contributed by atoms with van der Waals surface area (Å²) in [6.07, 6.45) is -5.30. The molecule has 0 unspecified atom stereocenters. The lowest BCUT2D eigenvalue weighted by Crippen LogP contribution is -2.52. The Morgan fingerprint density at radius 1 is 1.16 bits per heavy atom. The summed E-state index contributed by atoms with van der Waals surface area (Å²) in [7, 11) is 0. The smallest absolute Gasteiger partial charge is 0.403 e. The van der Waals surface area contributed by atoms with E-state index in [4.69, 9.17) is 0 Å². The highest BCUT2D eigenvalue weighted by molar-refractivity contribution is 5.95. The quantitative estimate of drug-likeness (QED) is 0.673. The predicted molar refractivity (Wildman–Crippen MR) is 95.1 cm³/mol. The van der Waals surface area contributed by atoms with Crippen LogP contribution in [-0.2, 0) is 6.18 Å². The molecule has 0 spiro atoms. The molecule has 0 saturated heterocycles. The number of halogens is 6. The van der Waals surface area contributed by atoms with Gasteiger partial charge in [0.05, 0.1) is 24.0 Å². The first-order valence-electron chi connectivity index (χ1n) is 9.06. The Labute approximate surface area is 172 Å². The third-order valence-corrected chi connectivity index (χ3v) is 4.83. The number of ether oxygens (including phenoxy) is 1. The Bertz CT molecular complexity index is 934. The molecule has 31 heavy (non-hydrogen) atoms. The number of nitrogens with zero attached hydrogens (tertiary/aromatic N) is 3. The Kier molecular flexibility index (Phi) is 5.96. The van der Waals surface area contributed by atoms with Crippen LogP contribution in [0.5, 0.6) is 5.75 Å². The number of aromatic nitrogens is 3. The zero-order valence-electron chi connectivity index (χ0n) is 16.0. The van der Waals surface area contributed by atoms with Crippen molar-refractivity contribution in [1.82, 2.24) is 20.3 Å². The largest absolute Gasteiger partial charge is 0.573 e. The van der Waals surface area contributed by atoms with E-state index in [0.29, 0.717) is 25.5 Å². The summed E-state index contributed by atoms with van der Waals surface area (Å²) in [4.78, 5) is 23.3. The maximum Gasteiger partial charge on any atom is 0.573 e. The van der Waals surface area contributed by atoms with Gasteiger partial charge in [-0.05, 0) is 38.3 Å². The van der Waals surface area contributed by atoms with Crippen LogP contribution in [0.4, 0.5) is 32.2 Å². The van der Waals surface area contributed by atoms with Crippen molar-refractivity contribution >= 4 is 11.7 Å². The predicted octanol–water partition coefficient (Wildman–Crippen LogP) is 3.94. The van der Waals surface area contributed by atoms with E-state index in [1.54, 1.807) is 6.92 Å². The Balaban J connectivity index is 1.74. The summed E-state index contributed by atoms with van der Waals surface area (Å²) in [6, 6.07) is 1.60. The average molecular weight is 449 g/mol. The summed E-state index contributed by atoms with van der Waals surface area (Å²) in [5.74, 6) is -1.55. The van der Waals surface area contributed by atoms with E-state index < -0.39 is 47.2 Å². The highest BCUT2D eigenvalue weighted by atomic mass is 19.4. The fourth-order valence-corrected chi connectivity index (χ4v) is 3.37. The van der Waals surface area contributed by atoms with Gasteiger partial charge in [0.1, 0.15) is 5.82 Å². The van der Waals surface area contributed by atoms with E-state index >= 15 is 0 Å². The summed E-state index contributed by atoms with van der Waals surface area (Å²) in [5.41, 5.74) is -2.51. The van der Waals surface area contributed by atoms with Crippen LogP contribution >= 0.6 is 0 Å². The molecule has 2 atom stereocenters. The summed E-state index contributed by atoms with van der Waals surface area (Å²) in [6.45, 7) is 1.72. The van der Waals surface area contributed by atoms with Crippen molar-refractivity contribution in [3.63, 3.8) is 0 Å². The van der Waals surface area contributed by atoms with Gasteiger partial charge in [-0.15, -0.1) is 13.2 Å². The van der Waals surface area contributed by atoms with Crippen LogP contribution in [0.2, 0.25) is 0 Å². The number of rotatable bonds is 5. The molecule has 3 rings (SSSR count). The number of nitrogens with one attached hydrogen (secondary N) is 2. The molecule has 1 aliphatic carbocycles. The number of amides is 1. The summed E-state index contributed by atoms with van der Waals surface area (Å²) in [5, 5.41) is 5.60. The van der Waals surface area contributed by atoms with Gasteiger partial charge >= 0.3 is 12.5 Å². The van der Waals surface area contributed by atoms with E-state index in [2.05, 4.69) is 30.3 Å². The second kappa shape index (κ2) is 8.19. The Hall–Kier alpha value is -3.12. The van der Waals surface area contributed by atoms with Gasteiger partial charge in [-0.1, -0.05) is 0 Å². The normalized spacial score (nSPS) is 21.6. The van der Waals surface area contributed by atoms with Gasteiger partial charge in [0, 0.05) is 6.20 Å². The highest BCUT2D eigenvalue weighted by Crippen LogP contribution is 2.34. The summed E-state index contributed by atoms with van der Waals surface area (Å²) < 4.78 is 79.5. The van der Waals surface area contributed by atoms with Gasteiger partial charge in [-0.2, -0.15) is 13.2 Å². The van der Waals surface area contributed by atoms with Crippen LogP contribution in [-0.4, -0.2) is 38.8 Å². The molecule has 168 valence electrons. The standard InChI is InChI=1S/C18H17F6N5O2/c1-16(29-13-9-26-12(8-27-13)17(19,20)21)6-2-5-11(16)28-15(30)14-10(4-3-7-25-14)31-18(22,23)24/h3-4,7-9,11H,2,5-6H2,1H3,(H,27,29)(H,28,30)/t11-,16-/m0/s1. The van der Waals surface area contributed by atoms with Gasteiger partial charge in [-0.25, -0.2) is 15.0 Å². The van der Waals surface area contributed by atoms with E-state index in [1.165, 1.54) is 6.07 Å². The Morgan fingerprint density at radius 2 is 1.90 bits per heavy atom. The van der Waals surface area contributed by atoms with E-state index in [9.17, 15) is 31.1 Å². The zero-order chi connectivity index (χ0) is 22.9. The molecule has 0 aromatic carbocycles. The second-order valence-electron chi connectivity index (χ2n) is 7.14. The number of hydrogen-bond donors (Lipinski definition) is 2. The van der Waals surface area contributed by atoms with Gasteiger partial charge in [0.25, 0.3) is 5.91 Å². The molecule has 2 aromatic heterocycles. The van der Waals surface area contributed by atoms with Crippen molar-refractivity contribution < 1.29 is 35.9 Å². The lowest BCUT2D eigenvalue weighted by atomic mass is 9.95. The molecule has 2 heterocycles. The lowest BCUT2D eigenvalue weighted by molar-refractivity contribution is -0.274. The molecular weight excluding hydrogens is 432 g/mol. The molecule has 13 heteroatoms.